The summed E-state index contributed by atoms with van der Waals surface area (Å²) < 4.78 is 0. The average Bonchev–Trinajstić information content (AvgIpc) is 2.91. The van der Waals surface area contributed by atoms with Crippen molar-refractivity contribution in [2.24, 2.45) is 5.92 Å². The summed E-state index contributed by atoms with van der Waals surface area (Å²) in [4.78, 5) is 24.7. The van der Waals surface area contributed by atoms with Crippen molar-refractivity contribution in [2.75, 3.05) is 50.7 Å². The molecule has 2 aliphatic rings. The third-order valence-electron chi connectivity index (χ3n) is 7.21. The molecule has 1 atom stereocenters. The molecule has 182 valence electrons. The lowest BCUT2D eigenvalue weighted by molar-refractivity contribution is 0.0634. The standard InChI is InChI=1S/C29H34N4O2/c34-27-12-11-24(19-23-7-2-1-3-8-23)20-26(27)29(35)33-14-6-9-25(22-33)21-31-15-17-32(18-16-31)28-10-4-5-13-30-28/h1-5,7-8,10-13,20,25,34H,6,9,14-19,21-22H2. The van der Waals surface area contributed by atoms with Gasteiger partial charge in [-0.05, 0) is 60.6 Å². The first-order chi connectivity index (χ1) is 17.2. The molecule has 35 heavy (non-hydrogen) atoms. The van der Waals surface area contributed by atoms with Crippen LogP contribution in [0.4, 0.5) is 5.82 Å². The highest BCUT2D eigenvalue weighted by Crippen LogP contribution is 2.26. The molecule has 2 aliphatic heterocycles. The Hall–Kier alpha value is -3.38. The highest BCUT2D eigenvalue weighted by Gasteiger charge is 2.28. The third-order valence-corrected chi connectivity index (χ3v) is 7.21. The van der Waals surface area contributed by atoms with Crippen molar-refractivity contribution in [3.63, 3.8) is 0 Å². The summed E-state index contributed by atoms with van der Waals surface area (Å²) in [6, 6.07) is 21.7. The number of hydrogen-bond acceptors (Lipinski definition) is 5. The summed E-state index contributed by atoms with van der Waals surface area (Å²) in [6.07, 6.45) is 4.75. The number of rotatable bonds is 6. The van der Waals surface area contributed by atoms with Gasteiger partial charge in [0.25, 0.3) is 5.91 Å². The lowest BCUT2D eigenvalue weighted by Crippen LogP contribution is -2.50. The zero-order valence-corrected chi connectivity index (χ0v) is 20.2. The maximum absolute atomic E-state index is 13.4. The van der Waals surface area contributed by atoms with Crippen LogP contribution in [0.5, 0.6) is 5.75 Å². The highest BCUT2D eigenvalue weighted by molar-refractivity contribution is 5.97. The largest absolute Gasteiger partial charge is 0.507 e. The van der Waals surface area contributed by atoms with Crippen molar-refractivity contribution in [1.29, 1.82) is 0 Å². The normalized spacial score (nSPS) is 19.0. The molecule has 1 amide bonds. The van der Waals surface area contributed by atoms with Crippen LogP contribution in [0.1, 0.15) is 34.3 Å². The number of hydrogen-bond donors (Lipinski definition) is 1. The molecule has 2 saturated heterocycles. The van der Waals surface area contributed by atoms with Crippen molar-refractivity contribution in [1.82, 2.24) is 14.8 Å². The number of nitrogens with zero attached hydrogens (tertiary/aromatic N) is 4. The minimum absolute atomic E-state index is 0.0536. The van der Waals surface area contributed by atoms with E-state index in [0.717, 1.165) is 76.5 Å². The second-order valence-corrected chi connectivity index (χ2v) is 9.75. The number of piperazine rings is 1. The van der Waals surface area contributed by atoms with E-state index >= 15 is 0 Å². The van der Waals surface area contributed by atoms with E-state index in [4.69, 9.17) is 0 Å². The van der Waals surface area contributed by atoms with E-state index in [0.29, 0.717) is 11.5 Å². The molecule has 0 radical (unpaired) electrons. The molecule has 1 N–H and O–H groups in total. The highest BCUT2D eigenvalue weighted by atomic mass is 16.3. The first-order valence-electron chi connectivity index (χ1n) is 12.7. The van der Waals surface area contributed by atoms with Crippen LogP contribution in [-0.2, 0) is 6.42 Å². The van der Waals surface area contributed by atoms with Crippen molar-refractivity contribution >= 4 is 11.7 Å². The Morgan fingerprint density at radius 3 is 2.49 bits per heavy atom. The number of phenolic OH excluding ortho intramolecular Hbond substituents is 1. The predicted octanol–water partition coefficient (Wildman–Crippen LogP) is 4.05. The van der Waals surface area contributed by atoms with E-state index in [1.807, 2.05) is 53.6 Å². The van der Waals surface area contributed by atoms with E-state index in [1.165, 1.54) is 5.56 Å². The van der Waals surface area contributed by atoms with E-state index in [1.54, 1.807) is 6.07 Å². The van der Waals surface area contributed by atoms with Crippen LogP contribution in [0.25, 0.3) is 0 Å². The Kier molecular flexibility index (Phi) is 7.28. The average molecular weight is 471 g/mol. The summed E-state index contributed by atoms with van der Waals surface area (Å²) in [5.41, 5.74) is 2.65. The summed E-state index contributed by atoms with van der Waals surface area (Å²) >= 11 is 0. The van der Waals surface area contributed by atoms with Crippen molar-refractivity contribution < 1.29 is 9.90 Å². The van der Waals surface area contributed by atoms with Crippen LogP contribution in [0.3, 0.4) is 0 Å². The molecule has 0 spiro atoms. The van der Waals surface area contributed by atoms with Crippen LogP contribution in [0.2, 0.25) is 0 Å². The first-order valence-corrected chi connectivity index (χ1v) is 12.7. The lowest BCUT2D eigenvalue weighted by Gasteiger charge is -2.39. The molecule has 0 aliphatic carbocycles. The predicted molar refractivity (Wildman–Crippen MR) is 139 cm³/mol. The fourth-order valence-electron chi connectivity index (χ4n) is 5.33. The smallest absolute Gasteiger partial charge is 0.257 e. The first kappa shape index (κ1) is 23.4. The molecule has 3 aromatic rings. The maximum Gasteiger partial charge on any atom is 0.257 e. The van der Waals surface area contributed by atoms with Crippen LogP contribution in [0, 0.1) is 5.92 Å². The third kappa shape index (κ3) is 5.82. The number of benzene rings is 2. The maximum atomic E-state index is 13.4. The fourth-order valence-corrected chi connectivity index (χ4v) is 5.33. The molecule has 1 unspecified atom stereocenters. The molecule has 5 rings (SSSR count). The van der Waals surface area contributed by atoms with Crippen LogP contribution < -0.4 is 4.90 Å². The Bertz CT molecular complexity index is 1110. The second kappa shape index (κ2) is 10.9. The monoisotopic (exact) mass is 470 g/mol. The number of carbonyl (C=O) groups is 1. The quantitative estimate of drug-likeness (QED) is 0.589. The van der Waals surface area contributed by atoms with Gasteiger partial charge in [-0.1, -0.05) is 42.5 Å². The van der Waals surface area contributed by atoms with Crippen LogP contribution in [0.15, 0.2) is 72.9 Å². The Labute approximate surface area is 207 Å². The van der Waals surface area contributed by atoms with Gasteiger partial charge in [-0.3, -0.25) is 9.69 Å². The van der Waals surface area contributed by atoms with E-state index < -0.39 is 0 Å². The van der Waals surface area contributed by atoms with Crippen LogP contribution >= 0.6 is 0 Å². The molecule has 0 bridgehead atoms. The van der Waals surface area contributed by atoms with Crippen molar-refractivity contribution in [3.8, 4) is 5.75 Å². The summed E-state index contributed by atoms with van der Waals surface area (Å²) in [5.74, 6) is 1.53. The number of pyridine rings is 1. The number of likely N-dealkylation sites (tertiary alicyclic amines) is 1. The van der Waals surface area contributed by atoms with E-state index in [9.17, 15) is 9.90 Å². The van der Waals surface area contributed by atoms with Crippen molar-refractivity contribution in [3.05, 3.63) is 89.6 Å². The van der Waals surface area contributed by atoms with Gasteiger partial charge in [0.1, 0.15) is 11.6 Å². The molecule has 2 fully saturated rings. The molecule has 6 heteroatoms. The second-order valence-electron chi connectivity index (χ2n) is 9.75. The molecule has 0 saturated carbocycles. The van der Waals surface area contributed by atoms with Gasteiger partial charge in [0.15, 0.2) is 0 Å². The number of piperidine rings is 1. The lowest BCUT2D eigenvalue weighted by atomic mass is 9.95. The number of amides is 1. The Morgan fingerprint density at radius 2 is 1.71 bits per heavy atom. The number of aromatic nitrogens is 1. The number of anilines is 1. The van der Waals surface area contributed by atoms with Gasteiger partial charge in [-0.15, -0.1) is 0 Å². The number of carbonyl (C=O) groups excluding carboxylic acids is 1. The van der Waals surface area contributed by atoms with Gasteiger partial charge < -0.3 is 14.9 Å². The molecule has 3 heterocycles. The van der Waals surface area contributed by atoms with Gasteiger partial charge in [0.05, 0.1) is 5.56 Å². The molecular weight excluding hydrogens is 436 g/mol. The van der Waals surface area contributed by atoms with Crippen LogP contribution in [-0.4, -0.2) is 71.6 Å². The molecule has 6 nitrogen and oxygen atoms in total. The van der Waals surface area contributed by atoms with Gasteiger partial charge in [-0.2, -0.15) is 0 Å². The molecule has 1 aromatic heterocycles. The van der Waals surface area contributed by atoms with E-state index in [-0.39, 0.29) is 11.7 Å². The van der Waals surface area contributed by atoms with Gasteiger partial charge in [0.2, 0.25) is 0 Å². The zero-order chi connectivity index (χ0) is 24.0. The Morgan fingerprint density at radius 1 is 0.914 bits per heavy atom. The van der Waals surface area contributed by atoms with Gasteiger partial charge in [-0.25, -0.2) is 4.98 Å². The molecule has 2 aromatic carbocycles. The summed E-state index contributed by atoms with van der Waals surface area (Å²) in [5, 5.41) is 10.5. The number of aromatic hydroxyl groups is 1. The summed E-state index contributed by atoms with van der Waals surface area (Å²) in [7, 11) is 0. The zero-order valence-electron chi connectivity index (χ0n) is 20.2. The summed E-state index contributed by atoms with van der Waals surface area (Å²) in [6.45, 7) is 6.52. The van der Waals surface area contributed by atoms with Gasteiger partial charge >= 0.3 is 0 Å². The topological polar surface area (TPSA) is 59.9 Å². The SMILES string of the molecule is O=C(c1cc(Cc2ccccc2)ccc1O)N1CCCC(CN2CCN(c3ccccn3)CC2)C1. The fraction of sp³-hybridized carbons (Fsp3) is 0.379. The van der Waals surface area contributed by atoms with Gasteiger partial charge in [0, 0.05) is 52.0 Å². The van der Waals surface area contributed by atoms with E-state index in [2.05, 4.69) is 33.0 Å². The number of phenols is 1. The van der Waals surface area contributed by atoms with Crippen molar-refractivity contribution in [2.45, 2.75) is 19.3 Å². The molecular formula is C29H34N4O2. The minimum atomic E-state index is -0.0536. The minimum Gasteiger partial charge on any atom is -0.507 e. The Balaban J connectivity index is 1.18.